The third-order valence-electron chi connectivity index (χ3n) is 2.82. The Morgan fingerprint density at radius 2 is 1.94 bits per heavy atom. The molecule has 0 aliphatic rings. The summed E-state index contributed by atoms with van der Waals surface area (Å²) in [6, 6.07) is 11.4. The first-order valence-corrected chi connectivity index (χ1v) is 5.69. The Morgan fingerprint density at radius 1 is 1.22 bits per heavy atom. The lowest BCUT2D eigenvalue weighted by molar-refractivity contribution is 0.282. The zero-order valence-electron chi connectivity index (χ0n) is 10.5. The van der Waals surface area contributed by atoms with E-state index in [4.69, 9.17) is 4.74 Å². The first-order chi connectivity index (χ1) is 8.76. The molecule has 0 saturated heterocycles. The van der Waals surface area contributed by atoms with Crippen molar-refractivity contribution in [1.82, 2.24) is 4.98 Å². The average molecular weight is 244 g/mol. The lowest BCUT2D eigenvalue weighted by atomic mass is 10.2. The minimum atomic E-state index is -0.0241. The van der Waals surface area contributed by atoms with Gasteiger partial charge in [-0.25, -0.2) is 4.98 Å². The van der Waals surface area contributed by atoms with E-state index >= 15 is 0 Å². The zero-order valence-corrected chi connectivity index (χ0v) is 10.5. The third kappa shape index (κ3) is 2.43. The van der Waals surface area contributed by atoms with E-state index in [9.17, 15) is 5.11 Å². The molecule has 1 aromatic carbocycles. The highest BCUT2D eigenvalue weighted by atomic mass is 16.5. The molecule has 0 aliphatic carbocycles. The van der Waals surface area contributed by atoms with Crippen molar-refractivity contribution in [2.75, 3.05) is 19.1 Å². The van der Waals surface area contributed by atoms with Gasteiger partial charge in [0.05, 0.1) is 13.7 Å². The largest absolute Gasteiger partial charge is 0.497 e. The molecular weight excluding hydrogens is 228 g/mol. The minimum Gasteiger partial charge on any atom is -0.497 e. The fraction of sp³-hybridized carbons (Fsp3) is 0.214. The number of hydrogen-bond donors (Lipinski definition) is 1. The van der Waals surface area contributed by atoms with Crippen molar-refractivity contribution in [3.8, 4) is 5.75 Å². The van der Waals surface area contributed by atoms with Crippen molar-refractivity contribution in [2.45, 2.75) is 6.61 Å². The smallest absolute Gasteiger partial charge is 0.138 e. The highest BCUT2D eigenvalue weighted by Gasteiger charge is 2.09. The number of benzene rings is 1. The molecule has 0 radical (unpaired) electrons. The van der Waals surface area contributed by atoms with Gasteiger partial charge in [0.15, 0.2) is 0 Å². The molecule has 1 aromatic heterocycles. The van der Waals surface area contributed by atoms with Crippen molar-refractivity contribution in [3.63, 3.8) is 0 Å². The SMILES string of the molecule is COc1ccc(N(C)c2ncccc2CO)cc1. The van der Waals surface area contributed by atoms with Gasteiger partial charge in [0.1, 0.15) is 11.6 Å². The number of pyridine rings is 1. The maximum atomic E-state index is 9.31. The van der Waals surface area contributed by atoms with Gasteiger partial charge in [-0.2, -0.15) is 0 Å². The fourth-order valence-electron chi connectivity index (χ4n) is 1.78. The fourth-order valence-corrected chi connectivity index (χ4v) is 1.78. The molecule has 0 unspecified atom stereocenters. The number of rotatable bonds is 4. The third-order valence-corrected chi connectivity index (χ3v) is 2.82. The number of anilines is 2. The summed E-state index contributed by atoms with van der Waals surface area (Å²) >= 11 is 0. The molecule has 0 atom stereocenters. The summed E-state index contributed by atoms with van der Waals surface area (Å²) < 4.78 is 5.13. The molecule has 1 heterocycles. The Labute approximate surface area is 106 Å². The Balaban J connectivity index is 2.31. The summed E-state index contributed by atoms with van der Waals surface area (Å²) in [5.74, 6) is 1.57. The highest BCUT2D eigenvalue weighted by Crippen LogP contribution is 2.26. The van der Waals surface area contributed by atoms with E-state index in [1.807, 2.05) is 48.3 Å². The van der Waals surface area contributed by atoms with Crippen LogP contribution in [0.25, 0.3) is 0 Å². The average Bonchev–Trinajstić information content (AvgIpc) is 2.46. The normalized spacial score (nSPS) is 10.2. The number of ether oxygens (including phenoxy) is 1. The number of methoxy groups -OCH3 is 1. The predicted octanol–water partition coefficient (Wildman–Crippen LogP) is 2.35. The summed E-state index contributed by atoms with van der Waals surface area (Å²) in [6.45, 7) is -0.0241. The Morgan fingerprint density at radius 3 is 2.56 bits per heavy atom. The van der Waals surface area contributed by atoms with Crippen molar-refractivity contribution in [1.29, 1.82) is 0 Å². The van der Waals surface area contributed by atoms with Crippen LogP contribution in [0.1, 0.15) is 5.56 Å². The molecule has 0 fully saturated rings. The maximum absolute atomic E-state index is 9.31. The van der Waals surface area contributed by atoms with E-state index in [0.29, 0.717) is 0 Å². The van der Waals surface area contributed by atoms with Gasteiger partial charge in [-0.3, -0.25) is 0 Å². The second-order valence-corrected chi connectivity index (χ2v) is 3.90. The Bertz CT molecular complexity index is 511. The van der Waals surface area contributed by atoms with E-state index in [-0.39, 0.29) is 6.61 Å². The molecular formula is C14H16N2O2. The van der Waals surface area contributed by atoms with E-state index in [1.54, 1.807) is 13.3 Å². The molecule has 94 valence electrons. The quantitative estimate of drug-likeness (QED) is 0.896. The van der Waals surface area contributed by atoms with Gasteiger partial charge < -0.3 is 14.7 Å². The molecule has 1 N–H and O–H groups in total. The number of hydrogen-bond acceptors (Lipinski definition) is 4. The first-order valence-electron chi connectivity index (χ1n) is 5.69. The second-order valence-electron chi connectivity index (χ2n) is 3.90. The van der Waals surface area contributed by atoms with Gasteiger partial charge in [0, 0.05) is 24.5 Å². The topological polar surface area (TPSA) is 45.6 Å². The summed E-state index contributed by atoms with van der Waals surface area (Å²) in [5, 5.41) is 9.31. The second kappa shape index (κ2) is 5.51. The van der Waals surface area contributed by atoms with Crippen LogP contribution in [0.5, 0.6) is 5.75 Å². The van der Waals surface area contributed by atoms with Gasteiger partial charge in [-0.15, -0.1) is 0 Å². The van der Waals surface area contributed by atoms with Crippen molar-refractivity contribution >= 4 is 11.5 Å². The van der Waals surface area contributed by atoms with E-state index < -0.39 is 0 Å². The molecule has 2 aromatic rings. The molecule has 4 heteroatoms. The maximum Gasteiger partial charge on any atom is 0.138 e. The molecule has 18 heavy (non-hydrogen) atoms. The van der Waals surface area contributed by atoms with Crippen molar-refractivity contribution < 1.29 is 9.84 Å². The highest BCUT2D eigenvalue weighted by molar-refractivity contribution is 5.62. The van der Waals surface area contributed by atoms with Crippen LogP contribution >= 0.6 is 0 Å². The standard InChI is InChI=1S/C14H16N2O2/c1-16(12-5-7-13(18-2)8-6-12)14-11(10-17)4-3-9-15-14/h3-9,17H,10H2,1-2H3. The zero-order chi connectivity index (χ0) is 13.0. The Kier molecular flexibility index (Phi) is 3.79. The molecule has 0 amide bonds. The van der Waals surface area contributed by atoms with Gasteiger partial charge >= 0.3 is 0 Å². The van der Waals surface area contributed by atoms with Gasteiger partial charge in [0.2, 0.25) is 0 Å². The van der Waals surface area contributed by atoms with Gasteiger partial charge in [-0.05, 0) is 30.3 Å². The summed E-state index contributed by atoms with van der Waals surface area (Å²) in [4.78, 5) is 6.24. The van der Waals surface area contributed by atoms with E-state index in [2.05, 4.69) is 4.98 Å². The van der Waals surface area contributed by atoms with Crippen LogP contribution in [-0.2, 0) is 6.61 Å². The van der Waals surface area contributed by atoms with Gasteiger partial charge in [-0.1, -0.05) is 6.07 Å². The predicted molar refractivity (Wildman–Crippen MR) is 71.2 cm³/mol. The summed E-state index contributed by atoms with van der Waals surface area (Å²) in [5.41, 5.74) is 1.79. The lowest BCUT2D eigenvalue weighted by Crippen LogP contribution is -2.13. The van der Waals surface area contributed by atoms with Crippen LogP contribution in [0.4, 0.5) is 11.5 Å². The van der Waals surface area contributed by atoms with E-state index in [0.717, 1.165) is 22.8 Å². The monoisotopic (exact) mass is 244 g/mol. The Hall–Kier alpha value is -2.07. The minimum absolute atomic E-state index is 0.0241. The molecule has 0 aliphatic heterocycles. The number of aliphatic hydroxyl groups is 1. The van der Waals surface area contributed by atoms with Crippen LogP contribution in [0.3, 0.4) is 0 Å². The van der Waals surface area contributed by atoms with Crippen molar-refractivity contribution in [2.24, 2.45) is 0 Å². The van der Waals surface area contributed by atoms with E-state index in [1.165, 1.54) is 0 Å². The number of nitrogens with zero attached hydrogens (tertiary/aromatic N) is 2. The van der Waals surface area contributed by atoms with Gasteiger partial charge in [0.25, 0.3) is 0 Å². The van der Waals surface area contributed by atoms with Crippen LogP contribution in [0, 0.1) is 0 Å². The molecule has 0 bridgehead atoms. The van der Waals surface area contributed by atoms with Crippen LogP contribution in [0.15, 0.2) is 42.6 Å². The lowest BCUT2D eigenvalue weighted by Gasteiger charge is -2.20. The molecule has 0 saturated carbocycles. The summed E-state index contributed by atoms with van der Waals surface area (Å²) in [7, 11) is 3.56. The summed E-state index contributed by atoms with van der Waals surface area (Å²) in [6.07, 6.45) is 1.72. The number of aromatic nitrogens is 1. The van der Waals surface area contributed by atoms with Crippen LogP contribution in [0.2, 0.25) is 0 Å². The van der Waals surface area contributed by atoms with Crippen LogP contribution in [-0.4, -0.2) is 24.2 Å². The van der Waals surface area contributed by atoms with Crippen molar-refractivity contribution in [3.05, 3.63) is 48.2 Å². The number of aliphatic hydroxyl groups excluding tert-OH is 1. The molecule has 4 nitrogen and oxygen atoms in total. The molecule has 0 spiro atoms. The van der Waals surface area contributed by atoms with Crippen LogP contribution < -0.4 is 9.64 Å². The molecule has 2 rings (SSSR count). The first kappa shape index (κ1) is 12.4.